The van der Waals surface area contributed by atoms with Gasteiger partial charge in [0.25, 0.3) is 5.91 Å². The van der Waals surface area contributed by atoms with Crippen molar-refractivity contribution in [1.82, 2.24) is 10.2 Å². The molecule has 0 aromatic carbocycles. The average Bonchev–Trinajstić information content (AvgIpc) is 2.28. The van der Waals surface area contributed by atoms with Crippen molar-refractivity contribution in [3.63, 3.8) is 0 Å². The summed E-state index contributed by atoms with van der Waals surface area (Å²) < 4.78 is 6.09. The normalized spacial score (nSPS) is 29.4. The van der Waals surface area contributed by atoms with Crippen LogP contribution in [0.25, 0.3) is 0 Å². The molecule has 0 unspecified atom stereocenters. The average molecular weight is 282 g/mol. The molecule has 0 aromatic heterocycles. The number of amides is 2. The Morgan fingerprint density at radius 1 is 1.10 bits per heavy atom. The molecular formula is C15H26N2O3. The third kappa shape index (κ3) is 2.22. The molecule has 2 fully saturated rings. The number of hydrogen-bond donors (Lipinski definition) is 1. The van der Waals surface area contributed by atoms with Crippen LogP contribution in [0.2, 0.25) is 0 Å². The Balaban J connectivity index is 2.40. The van der Waals surface area contributed by atoms with E-state index in [1.165, 1.54) is 0 Å². The standard InChI is InChI=1S/C15H26N2O3/c1-10(18)17-12(2,3)8-15(9-13(17,4)5)16-11(19)14(6,7)20-15/h8-9H2,1-7H3,(H,16,19). The van der Waals surface area contributed by atoms with Gasteiger partial charge in [-0.05, 0) is 41.5 Å². The minimum Gasteiger partial charge on any atom is -0.340 e. The van der Waals surface area contributed by atoms with E-state index in [-0.39, 0.29) is 22.9 Å². The summed E-state index contributed by atoms with van der Waals surface area (Å²) in [6.07, 6.45) is 1.19. The lowest BCUT2D eigenvalue weighted by atomic mass is 9.74. The molecule has 0 radical (unpaired) electrons. The predicted molar refractivity (Wildman–Crippen MR) is 75.9 cm³/mol. The van der Waals surface area contributed by atoms with Gasteiger partial charge in [0, 0.05) is 30.8 Å². The third-order valence-corrected chi connectivity index (χ3v) is 4.30. The lowest BCUT2D eigenvalue weighted by Gasteiger charge is -2.57. The molecule has 0 bridgehead atoms. The van der Waals surface area contributed by atoms with Crippen LogP contribution >= 0.6 is 0 Å². The summed E-state index contributed by atoms with van der Waals surface area (Å²) in [5.74, 6) is -0.0289. The van der Waals surface area contributed by atoms with Crippen molar-refractivity contribution >= 4 is 11.8 Å². The van der Waals surface area contributed by atoms with Crippen molar-refractivity contribution in [2.24, 2.45) is 0 Å². The number of hydrogen-bond acceptors (Lipinski definition) is 3. The molecular weight excluding hydrogens is 256 g/mol. The molecule has 5 nitrogen and oxygen atoms in total. The Kier molecular flexibility index (Phi) is 3.03. The van der Waals surface area contributed by atoms with Gasteiger partial charge in [-0.2, -0.15) is 0 Å². The van der Waals surface area contributed by atoms with Gasteiger partial charge < -0.3 is 15.0 Å². The zero-order valence-electron chi connectivity index (χ0n) is 13.6. The maximum absolute atomic E-state index is 12.1. The molecule has 0 aromatic rings. The summed E-state index contributed by atoms with van der Waals surface area (Å²) in [5.41, 5.74) is -2.24. The van der Waals surface area contributed by atoms with E-state index < -0.39 is 11.3 Å². The number of ether oxygens (including phenoxy) is 1. The fourth-order valence-corrected chi connectivity index (χ4v) is 4.37. The minimum atomic E-state index is -0.815. The van der Waals surface area contributed by atoms with Gasteiger partial charge in [-0.3, -0.25) is 9.59 Å². The van der Waals surface area contributed by atoms with E-state index in [1.807, 2.05) is 32.6 Å². The molecule has 2 heterocycles. The summed E-state index contributed by atoms with van der Waals surface area (Å²) in [6, 6.07) is 0. The van der Waals surface area contributed by atoms with Crippen molar-refractivity contribution < 1.29 is 14.3 Å². The Morgan fingerprint density at radius 2 is 1.55 bits per heavy atom. The van der Waals surface area contributed by atoms with Gasteiger partial charge >= 0.3 is 0 Å². The SMILES string of the molecule is CC(=O)N1C(C)(C)CC2(CC1(C)C)NC(=O)C(C)(C)O2. The van der Waals surface area contributed by atoms with Gasteiger partial charge in [0.2, 0.25) is 5.91 Å². The molecule has 2 aliphatic heterocycles. The highest BCUT2D eigenvalue weighted by atomic mass is 16.6. The van der Waals surface area contributed by atoms with Crippen molar-refractivity contribution in [1.29, 1.82) is 0 Å². The molecule has 1 N–H and O–H groups in total. The first-order valence-corrected chi connectivity index (χ1v) is 7.15. The van der Waals surface area contributed by atoms with E-state index in [4.69, 9.17) is 4.74 Å². The Morgan fingerprint density at radius 3 is 1.85 bits per heavy atom. The van der Waals surface area contributed by atoms with E-state index in [9.17, 15) is 9.59 Å². The first-order chi connectivity index (χ1) is 8.81. The van der Waals surface area contributed by atoms with Crippen molar-refractivity contribution in [3.05, 3.63) is 0 Å². The zero-order chi connectivity index (χ0) is 15.6. The Labute approximate surface area is 121 Å². The quantitative estimate of drug-likeness (QED) is 0.737. The number of carbonyl (C=O) groups excluding carboxylic acids is 2. The summed E-state index contributed by atoms with van der Waals surface area (Å²) in [5, 5.41) is 3.03. The summed E-state index contributed by atoms with van der Waals surface area (Å²) in [4.78, 5) is 26.0. The van der Waals surface area contributed by atoms with Crippen LogP contribution in [0, 0.1) is 0 Å². The van der Waals surface area contributed by atoms with E-state index in [0.29, 0.717) is 12.8 Å². The van der Waals surface area contributed by atoms with Crippen molar-refractivity contribution in [2.45, 2.75) is 83.7 Å². The molecule has 2 amide bonds. The zero-order valence-corrected chi connectivity index (χ0v) is 13.6. The number of piperidine rings is 1. The fourth-order valence-electron chi connectivity index (χ4n) is 4.37. The monoisotopic (exact) mass is 282 g/mol. The molecule has 2 rings (SSSR count). The van der Waals surface area contributed by atoms with Crippen LogP contribution in [0.3, 0.4) is 0 Å². The lowest BCUT2D eigenvalue weighted by molar-refractivity contribution is -0.188. The highest BCUT2D eigenvalue weighted by Gasteiger charge is 2.60. The second kappa shape index (κ2) is 3.97. The van der Waals surface area contributed by atoms with E-state index >= 15 is 0 Å². The number of rotatable bonds is 0. The Hall–Kier alpha value is -1.10. The first kappa shape index (κ1) is 15.3. The van der Waals surface area contributed by atoms with Crippen LogP contribution < -0.4 is 5.32 Å². The largest absolute Gasteiger partial charge is 0.340 e. The number of likely N-dealkylation sites (tertiary alicyclic amines) is 1. The van der Waals surface area contributed by atoms with Gasteiger partial charge in [0.15, 0.2) is 0 Å². The predicted octanol–water partition coefficient (Wildman–Crippen LogP) is 1.81. The van der Waals surface area contributed by atoms with E-state index in [0.717, 1.165) is 0 Å². The smallest absolute Gasteiger partial charge is 0.253 e. The fraction of sp³-hybridized carbons (Fsp3) is 0.867. The molecule has 0 aliphatic carbocycles. The van der Waals surface area contributed by atoms with E-state index in [1.54, 1.807) is 20.8 Å². The van der Waals surface area contributed by atoms with Crippen LogP contribution in [-0.4, -0.2) is 39.1 Å². The summed E-state index contributed by atoms with van der Waals surface area (Å²) in [7, 11) is 0. The minimum absolute atomic E-state index is 0.0541. The number of nitrogens with zero attached hydrogens (tertiary/aromatic N) is 1. The topological polar surface area (TPSA) is 58.6 Å². The molecule has 0 saturated carbocycles. The van der Waals surface area contributed by atoms with Crippen LogP contribution in [0.15, 0.2) is 0 Å². The van der Waals surface area contributed by atoms with Crippen LogP contribution in [0.4, 0.5) is 0 Å². The molecule has 114 valence electrons. The Bertz CT molecular complexity index is 448. The second-order valence-electron chi connectivity index (χ2n) is 7.89. The van der Waals surface area contributed by atoms with Gasteiger partial charge in [0.05, 0.1) is 0 Å². The molecule has 1 spiro atoms. The maximum Gasteiger partial charge on any atom is 0.253 e. The second-order valence-corrected chi connectivity index (χ2v) is 7.89. The van der Waals surface area contributed by atoms with E-state index in [2.05, 4.69) is 5.32 Å². The molecule has 2 saturated heterocycles. The van der Waals surface area contributed by atoms with Crippen LogP contribution in [-0.2, 0) is 14.3 Å². The van der Waals surface area contributed by atoms with Gasteiger partial charge in [0.1, 0.15) is 11.3 Å². The van der Waals surface area contributed by atoms with Crippen molar-refractivity contribution in [2.75, 3.05) is 0 Å². The van der Waals surface area contributed by atoms with Crippen molar-refractivity contribution in [3.8, 4) is 0 Å². The summed E-state index contributed by atoms with van der Waals surface area (Å²) >= 11 is 0. The van der Waals surface area contributed by atoms with Crippen LogP contribution in [0.5, 0.6) is 0 Å². The highest BCUT2D eigenvalue weighted by Crippen LogP contribution is 2.47. The molecule has 20 heavy (non-hydrogen) atoms. The van der Waals surface area contributed by atoms with Gasteiger partial charge in [-0.1, -0.05) is 0 Å². The van der Waals surface area contributed by atoms with Gasteiger partial charge in [-0.15, -0.1) is 0 Å². The lowest BCUT2D eigenvalue weighted by Crippen LogP contribution is -2.69. The summed E-state index contributed by atoms with van der Waals surface area (Å²) in [6.45, 7) is 13.3. The highest BCUT2D eigenvalue weighted by molar-refractivity contribution is 5.87. The van der Waals surface area contributed by atoms with Crippen LogP contribution in [0.1, 0.15) is 61.3 Å². The third-order valence-electron chi connectivity index (χ3n) is 4.30. The molecule has 5 heteroatoms. The number of carbonyl (C=O) groups is 2. The maximum atomic E-state index is 12.1. The van der Waals surface area contributed by atoms with Gasteiger partial charge in [-0.25, -0.2) is 0 Å². The number of nitrogens with one attached hydrogen (secondary N) is 1. The molecule has 0 atom stereocenters. The molecule has 2 aliphatic rings. The first-order valence-electron chi connectivity index (χ1n) is 7.15.